The van der Waals surface area contributed by atoms with E-state index in [1.165, 1.54) is 12.0 Å². The van der Waals surface area contributed by atoms with Crippen molar-refractivity contribution in [2.45, 2.75) is 13.5 Å². The van der Waals surface area contributed by atoms with Gasteiger partial charge in [-0.05, 0) is 19.1 Å². The molecule has 0 radical (unpaired) electrons. The molecule has 0 aliphatic carbocycles. The van der Waals surface area contributed by atoms with Gasteiger partial charge in [0.15, 0.2) is 17.0 Å². The molecule has 1 aliphatic heterocycles. The lowest BCUT2D eigenvalue weighted by Gasteiger charge is -2.15. The van der Waals surface area contributed by atoms with Crippen molar-refractivity contribution in [3.63, 3.8) is 0 Å². The number of anilines is 1. The van der Waals surface area contributed by atoms with E-state index < -0.39 is 0 Å². The average Bonchev–Trinajstić information content (AvgIpc) is 3.10. The molecule has 0 saturated carbocycles. The summed E-state index contributed by atoms with van der Waals surface area (Å²) < 4.78 is 6.98. The maximum absolute atomic E-state index is 12.5. The number of imidazole rings is 1. The van der Waals surface area contributed by atoms with Crippen molar-refractivity contribution in [3.05, 3.63) is 41.2 Å². The van der Waals surface area contributed by atoms with Gasteiger partial charge in [0.05, 0.1) is 18.2 Å². The van der Waals surface area contributed by atoms with Gasteiger partial charge in [-0.2, -0.15) is 4.98 Å². The lowest BCUT2D eigenvalue weighted by molar-refractivity contribution is 0.0648. The summed E-state index contributed by atoms with van der Waals surface area (Å²) in [4.78, 5) is 39.0. The molecule has 2 amide bonds. The smallest absolute Gasteiger partial charge is 0.298 e. The van der Waals surface area contributed by atoms with E-state index in [0.717, 1.165) is 0 Å². The van der Waals surface area contributed by atoms with Gasteiger partial charge in [-0.15, -0.1) is 0 Å². The van der Waals surface area contributed by atoms with E-state index in [-0.39, 0.29) is 30.7 Å². The Balaban J connectivity index is 1.67. The van der Waals surface area contributed by atoms with Crippen molar-refractivity contribution >= 4 is 28.8 Å². The molecule has 0 spiro atoms. The van der Waals surface area contributed by atoms with Gasteiger partial charge in [-0.1, -0.05) is 12.1 Å². The number of amides is 2. The van der Waals surface area contributed by atoms with Crippen molar-refractivity contribution in [1.29, 1.82) is 0 Å². The highest BCUT2D eigenvalue weighted by atomic mass is 16.5. The number of hydrogen-bond donors (Lipinski definition) is 1. The molecule has 0 atom stereocenters. The monoisotopic (exact) mass is 352 g/mol. The number of fused-ring (bicyclic) bond motifs is 2. The Labute approximate surface area is 148 Å². The molecule has 0 saturated heterocycles. The topological polar surface area (TPSA) is 116 Å². The molecule has 1 aliphatic rings. The van der Waals surface area contributed by atoms with Crippen molar-refractivity contribution in [2.24, 2.45) is 0 Å². The first-order valence-corrected chi connectivity index (χ1v) is 8.01. The predicted molar refractivity (Wildman–Crippen MR) is 92.8 cm³/mol. The van der Waals surface area contributed by atoms with Crippen LogP contribution in [0.5, 0.6) is 6.01 Å². The number of carbonyl (C=O) groups excluding carboxylic acids is 2. The van der Waals surface area contributed by atoms with Gasteiger partial charge in [0.1, 0.15) is 5.82 Å². The molecule has 1 aromatic carbocycles. The van der Waals surface area contributed by atoms with E-state index >= 15 is 0 Å². The van der Waals surface area contributed by atoms with Crippen LogP contribution in [0.1, 0.15) is 26.5 Å². The minimum absolute atomic E-state index is 0.164. The Morgan fingerprint density at radius 3 is 2.31 bits per heavy atom. The number of aryl methyl sites for hydroxylation is 1. The average molecular weight is 352 g/mol. The Hall–Kier alpha value is -3.49. The number of carbonyl (C=O) groups is 2. The zero-order valence-electron chi connectivity index (χ0n) is 14.3. The minimum Gasteiger partial charge on any atom is -0.468 e. The van der Waals surface area contributed by atoms with Crippen LogP contribution in [0.15, 0.2) is 24.3 Å². The van der Waals surface area contributed by atoms with Crippen molar-refractivity contribution in [2.75, 3.05) is 19.4 Å². The Morgan fingerprint density at radius 2 is 1.69 bits per heavy atom. The van der Waals surface area contributed by atoms with Crippen LogP contribution in [-0.4, -0.2) is 49.9 Å². The van der Waals surface area contributed by atoms with Gasteiger partial charge >= 0.3 is 0 Å². The third-order valence-electron chi connectivity index (χ3n) is 4.31. The molecule has 9 nitrogen and oxygen atoms in total. The Morgan fingerprint density at radius 1 is 1.04 bits per heavy atom. The van der Waals surface area contributed by atoms with Crippen LogP contribution < -0.4 is 10.5 Å². The van der Waals surface area contributed by atoms with Crippen molar-refractivity contribution < 1.29 is 14.3 Å². The molecule has 0 unspecified atom stereocenters. The fourth-order valence-electron chi connectivity index (χ4n) is 3.11. The summed E-state index contributed by atoms with van der Waals surface area (Å²) >= 11 is 0. The van der Waals surface area contributed by atoms with E-state index in [1.54, 1.807) is 35.8 Å². The third-order valence-corrected chi connectivity index (χ3v) is 4.31. The second-order valence-electron chi connectivity index (χ2n) is 5.89. The molecule has 0 bridgehead atoms. The first-order valence-electron chi connectivity index (χ1n) is 8.01. The molecule has 26 heavy (non-hydrogen) atoms. The van der Waals surface area contributed by atoms with E-state index in [0.29, 0.717) is 34.1 Å². The summed E-state index contributed by atoms with van der Waals surface area (Å²) in [7, 11) is 1.48. The first-order chi connectivity index (χ1) is 12.5. The van der Waals surface area contributed by atoms with Crippen molar-refractivity contribution in [3.8, 4) is 6.01 Å². The number of methoxy groups -OCH3 is 1. The summed E-state index contributed by atoms with van der Waals surface area (Å²) in [6.07, 6.45) is 0. The Bertz CT molecular complexity index is 1020. The number of ether oxygens (including phenoxy) is 1. The fraction of sp³-hybridized carbons (Fsp3) is 0.235. The number of rotatable bonds is 4. The summed E-state index contributed by atoms with van der Waals surface area (Å²) in [6, 6.07) is 7.08. The lowest BCUT2D eigenvalue weighted by Crippen LogP contribution is -2.33. The second-order valence-corrected chi connectivity index (χ2v) is 5.89. The van der Waals surface area contributed by atoms with Gasteiger partial charge in [0.2, 0.25) is 0 Å². The van der Waals surface area contributed by atoms with Gasteiger partial charge < -0.3 is 10.5 Å². The quantitative estimate of drug-likeness (QED) is 0.697. The number of aromatic nitrogens is 4. The van der Waals surface area contributed by atoms with Crippen molar-refractivity contribution in [1.82, 2.24) is 24.4 Å². The number of nitrogens with two attached hydrogens (primary N) is 1. The predicted octanol–water partition coefficient (Wildman–Crippen LogP) is 1.02. The number of nitrogen functional groups attached to an aromatic ring is 1. The van der Waals surface area contributed by atoms with Gasteiger partial charge in [0, 0.05) is 13.1 Å². The maximum Gasteiger partial charge on any atom is 0.298 e. The highest BCUT2D eigenvalue weighted by Gasteiger charge is 2.35. The molecule has 3 aromatic rings. The first kappa shape index (κ1) is 16.0. The highest BCUT2D eigenvalue weighted by Crippen LogP contribution is 2.25. The third kappa shape index (κ3) is 2.28. The van der Waals surface area contributed by atoms with E-state index in [4.69, 9.17) is 10.5 Å². The normalized spacial score (nSPS) is 13.5. The highest BCUT2D eigenvalue weighted by molar-refractivity contribution is 6.21. The molecule has 0 fully saturated rings. The van der Waals surface area contributed by atoms with Crippen LogP contribution in [0.3, 0.4) is 0 Å². The molecule has 3 heterocycles. The van der Waals surface area contributed by atoms with Gasteiger partial charge in [-0.3, -0.25) is 19.1 Å². The van der Waals surface area contributed by atoms with Gasteiger partial charge in [-0.25, -0.2) is 9.97 Å². The molecule has 2 aromatic heterocycles. The van der Waals surface area contributed by atoms with Crippen LogP contribution in [0.25, 0.3) is 11.2 Å². The van der Waals surface area contributed by atoms with Crippen LogP contribution in [-0.2, 0) is 6.54 Å². The summed E-state index contributed by atoms with van der Waals surface area (Å²) in [5.74, 6) is 0.142. The summed E-state index contributed by atoms with van der Waals surface area (Å²) in [5, 5.41) is 0. The second kappa shape index (κ2) is 5.80. The van der Waals surface area contributed by atoms with Gasteiger partial charge in [0.25, 0.3) is 17.8 Å². The SMILES string of the molecule is COc1nc2c(N)nc(C)nc2n1CCN1C(=O)c2ccccc2C1=O. The summed E-state index contributed by atoms with van der Waals surface area (Å²) in [6.45, 7) is 2.17. The standard InChI is InChI=1S/C17H16N6O3/c1-9-19-13(18)12-14(20-9)22(17(21-12)26-2)7-8-23-15(24)10-5-3-4-6-11(10)16(23)25/h3-6H,7-8H2,1-2H3,(H2,18,19,20). The molecule has 132 valence electrons. The van der Waals surface area contributed by atoms with E-state index in [1.807, 2.05) is 0 Å². The van der Waals surface area contributed by atoms with Crippen LogP contribution in [0.4, 0.5) is 5.82 Å². The number of hydrogen-bond acceptors (Lipinski definition) is 7. The van der Waals surface area contributed by atoms with Crippen LogP contribution in [0, 0.1) is 6.92 Å². The number of nitrogens with zero attached hydrogens (tertiary/aromatic N) is 5. The summed E-state index contributed by atoms with van der Waals surface area (Å²) in [5.41, 5.74) is 7.68. The molecule has 2 N–H and O–H groups in total. The molecular formula is C17H16N6O3. The minimum atomic E-state index is -0.306. The zero-order valence-corrected chi connectivity index (χ0v) is 14.3. The molecule has 4 rings (SSSR count). The van der Waals surface area contributed by atoms with E-state index in [2.05, 4.69) is 15.0 Å². The van der Waals surface area contributed by atoms with E-state index in [9.17, 15) is 9.59 Å². The number of benzene rings is 1. The maximum atomic E-state index is 12.5. The fourth-order valence-corrected chi connectivity index (χ4v) is 3.11. The lowest BCUT2D eigenvalue weighted by atomic mass is 10.1. The number of imide groups is 1. The molecule has 9 heteroatoms. The Kier molecular flexibility index (Phi) is 3.57. The largest absolute Gasteiger partial charge is 0.468 e. The zero-order chi connectivity index (χ0) is 18.4. The van der Waals surface area contributed by atoms with Crippen LogP contribution >= 0.6 is 0 Å². The molecular weight excluding hydrogens is 336 g/mol. The van der Waals surface area contributed by atoms with Crippen LogP contribution in [0.2, 0.25) is 0 Å².